The zero-order chi connectivity index (χ0) is 16.7. The Morgan fingerprint density at radius 3 is 2.71 bits per heavy atom. The van der Waals surface area contributed by atoms with E-state index >= 15 is 0 Å². The number of aromatic amines is 1. The summed E-state index contributed by atoms with van der Waals surface area (Å²) in [5.41, 5.74) is 1.39. The molecule has 0 spiro atoms. The van der Waals surface area contributed by atoms with Gasteiger partial charge in [0, 0.05) is 31.6 Å². The number of H-pyrrole nitrogens is 1. The molecule has 8 heteroatoms. The van der Waals surface area contributed by atoms with E-state index in [-0.39, 0.29) is 5.91 Å². The Labute approximate surface area is 148 Å². The Balaban J connectivity index is 1.48. The molecule has 0 radical (unpaired) electrons. The SMILES string of the molecule is Cc1nnc(N2CCN(C(=O)c3cc4cccc(Cl)c4[nH]3)CC2)s1. The third-order valence-corrected chi connectivity index (χ3v) is 5.40. The molecule has 1 fully saturated rings. The lowest BCUT2D eigenvalue weighted by Crippen LogP contribution is -2.48. The van der Waals surface area contributed by atoms with Gasteiger partial charge in [0.05, 0.1) is 10.5 Å². The van der Waals surface area contributed by atoms with Crippen LogP contribution in [0.2, 0.25) is 5.02 Å². The number of nitrogens with zero attached hydrogens (tertiary/aromatic N) is 4. The molecule has 1 aliphatic heterocycles. The van der Waals surface area contributed by atoms with Gasteiger partial charge in [0.2, 0.25) is 5.13 Å². The van der Waals surface area contributed by atoms with E-state index in [4.69, 9.17) is 11.6 Å². The van der Waals surface area contributed by atoms with Gasteiger partial charge in [-0.2, -0.15) is 0 Å². The molecule has 0 aliphatic carbocycles. The number of anilines is 1. The average Bonchev–Trinajstić information content (AvgIpc) is 3.21. The number of benzene rings is 1. The highest BCUT2D eigenvalue weighted by atomic mass is 35.5. The quantitative estimate of drug-likeness (QED) is 0.762. The Morgan fingerprint density at radius 1 is 1.25 bits per heavy atom. The number of carbonyl (C=O) groups is 1. The molecule has 124 valence electrons. The average molecular weight is 362 g/mol. The summed E-state index contributed by atoms with van der Waals surface area (Å²) in [5, 5.41) is 11.7. The number of hydrogen-bond donors (Lipinski definition) is 1. The summed E-state index contributed by atoms with van der Waals surface area (Å²) < 4.78 is 0. The van der Waals surface area contributed by atoms with Crippen LogP contribution >= 0.6 is 22.9 Å². The molecule has 6 nitrogen and oxygen atoms in total. The highest BCUT2D eigenvalue weighted by molar-refractivity contribution is 7.15. The van der Waals surface area contributed by atoms with Crippen LogP contribution in [0, 0.1) is 6.92 Å². The first-order valence-corrected chi connectivity index (χ1v) is 8.93. The van der Waals surface area contributed by atoms with Crippen LogP contribution in [0.25, 0.3) is 10.9 Å². The maximum atomic E-state index is 12.7. The van der Waals surface area contributed by atoms with Gasteiger partial charge in [0.25, 0.3) is 5.91 Å². The molecule has 0 atom stereocenters. The Morgan fingerprint density at radius 2 is 2.04 bits per heavy atom. The molecule has 0 saturated carbocycles. The van der Waals surface area contributed by atoms with Gasteiger partial charge < -0.3 is 14.8 Å². The molecular weight excluding hydrogens is 346 g/mol. The monoisotopic (exact) mass is 361 g/mol. The number of nitrogens with one attached hydrogen (secondary N) is 1. The van der Waals surface area contributed by atoms with Crippen molar-refractivity contribution in [2.45, 2.75) is 6.92 Å². The number of hydrogen-bond acceptors (Lipinski definition) is 5. The number of piperazine rings is 1. The van der Waals surface area contributed by atoms with E-state index in [1.165, 1.54) is 0 Å². The number of para-hydroxylation sites is 1. The number of carbonyl (C=O) groups excluding carboxylic acids is 1. The van der Waals surface area contributed by atoms with Crippen LogP contribution < -0.4 is 4.90 Å². The molecular formula is C16H16ClN5OS. The third kappa shape index (κ3) is 2.74. The number of amides is 1. The summed E-state index contributed by atoms with van der Waals surface area (Å²) in [4.78, 5) is 19.9. The van der Waals surface area contributed by atoms with Gasteiger partial charge >= 0.3 is 0 Å². The van der Waals surface area contributed by atoms with Crippen molar-refractivity contribution >= 4 is 44.9 Å². The smallest absolute Gasteiger partial charge is 0.270 e. The minimum absolute atomic E-state index is 0.00959. The van der Waals surface area contributed by atoms with Crippen LogP contribution in [0.1, 0.15) is 15.5 Å². The first kappa shape index (κ1) is 15.4. The maximum Gasteiger partial charge on any atom is 0.270 e. The van der Waals surface area contributed by atoms with Gasteiger partial charge in [0.1, 0.15) is 10.7 Å². The van der Waals surface area contributed by atoms with E-state index in [0.29, 0.717) is 23.8 Å². The summed E-state index contributed by atoms with van der Waals surface area (Å²) in [5.74, 6) is 0.00959. The highest BCUT2D eigenvalue weighted by Crippen LogP contribution is 2.25. The van der Waals surface area contributed by atoms with Crippen molar-refractivity contribution < 1.29 is 4.79 Å². The van der Waals surface area contributed by atoms with Crippen LogP contribution in [-0.2, 0) is 0 Å². The normalized spacial score (nSPS) is 15.2. The summed E-state index contributed by atoms with van der Waals surface area (Å²) >= 11 is 7.76. The first-order valence-electron chi connectivity index (χ1n) is 7.73. The van der Waals surface area contributed by atoms with Crippen molar-refractivity contribution in [3.8, 4) is 0 Å². The first-order chi connectivity index (χ1) is 11.6. The predicted molar refractivity (Wildman–Crippen MR) is 96.1 cm³/mol. The second-order valence-electron chi connectivity index (χ2n) is 5.77. The van der Waals surface area contributed by atoms with Crippen molar-refractivity contribution in [1.82, 2.24) is 20.1 Å². The number of rotatable bonds is 2. The summed E-state index contributed by atoms with van der Waals surface area (Å²) in [6.07, 6.45) is 0. The molecule has 1 aromatic carbocycles. The lowest BCUT2D eigenvalue weighted by molar-refractivity contribution is 0.0742. The largest absolute Gasteiger partial charge is 0.349 e. The second-order valence-corrected chi connectivity index (χ2v) is 7.34. The molecule has 0 bridgehead atoms. The van der Waals surface area contributed by atoms with Gasteiger partial charge in [-0.05, 0) is 19.1 Å². The second kappa shape index (κ2) is 6.07. The molecule has 3 heterocycles. The lowest BCUT2D eigenvalue weighted by atomic mass is 10.2. The molecule has 2 aromatic heterocycles. The molecule has 1 saturated heterocycles. The number of aromatic nitrogens is 3. The summed E-state index contributed by atoms with van der Waals surface area (Å²) in [6, 6.07) is 7.52. The Hall–Kier alpha value is -2.12. The number of aryl methyl sites for hydroxylation is 1. The fourth-order valence-corrected chi connectivity index (χ4v) is 3.89. The van der Waals surface area contributed by atoms with E-state index in [1.807, 2.05) is 36.1 Å². The topological polar surface area (TPSA) is 65.1 Å². The van der Waals surface area contributed by atoms with Crippen molar-refractivity contribution in [1.29, 1.82) is 0 Å². The van der Waals surface area contributed by atoms with Crippen molar-refractivity contribution in [3.05, 3.63) is 40.0 Å². The zero-order valence-corrected chi connectivity index (χ0v) is 14.7. The van der Waals surface area contributed by atoms with Gasteiger partial charge in [-0.25, -0.2) is 0 Å². The minimum atomic E-state index is 0.00959. The fraction of sp³-hybridized carbons (Fsp3) is 0.312. The maximum absolute atomic E-state index is 12.7. The van der Waals surface area contributed by atoms with Gasteiger partial charge in [-0.3, -0.25) is 4.79 Å². The number of halogens is 1. The zero-order valence-electron chi connectivity index (χ0n) is 13.1. The third-order valence-electron chi connectivity index (χ3n) is 4.19. The molecule has 24 heavy (non-hydrogen) atoms. The number of fused-ring (bicyclic) bond motifs is 1. The van der Waals surface area contributed by atoms with Crippen LogP contribution in [-0.4, -0.2) is 52.2 Å². The molecule has 1 N–H and O–H groups in total. The van der Waals surface area contributed by atoms with Crippen molar-refractivity contribution in [2.75, 3.05) is 31.1 Å². The van der Waals surface area contributed by atoms with Crippen LogP contribution in [0.3, 0.4) is 0 Å². The van der Waals surface area contributed by atoms with Crippen molar-refractivity contribution in [2.24, 2.45) is 0 Å². The summed E-state index contributed by atoms with van der Waals surface area (Å²) in [7, 11) is 0. The molecule has 1 amide bonds. The Bertz CT molecular complexity index is 897. The van der Waals surface area contributed by atoms with Crippen LogP contribution in [0.15, 0.2) is 24.3 Å². The lowest BCUT2D eigenvalue weighted by Gasteiger charge is -2.34. The molecule has 0 unspecified atom stereocenters. The van der Waals surface area contributed by atoms with E-state index in [2.05, 4.69) is 20.1 Å². The van der Waals surface area contributed by atoms with Gasteiger partial charge in [-0.15, -0.1) is 10.2 Å². The van der Waals surface area contributed by atoms with E-state index in [9.17, 15) is 4.79 Å². The van der Waals surface area contributed by atoms with Gasteiger partial charge in [0.15, 0.2) is 0 Å². The van der Waals surface area contributed by atoms with E-state index < -0.39 is 0 Å². The van der Waals surface area contributed by atoms with Gasteiger partial charge in [-0.1, -0.05) is 35.1 Å². The van der Waals surface area contributed by atoms with Crippen molar-refractivity contribution in [3.63, 3.8) is 0 Å². The van der Waals surface area contributed by atoms with Crippen LogP contribution in [0.4, 0.5) is 5.13 Å². The molecule has 3 aromatic rings. The van der Waals surface area contributed by atoms with E-state index in [0.717, 1.165) is 34.1 Å². The predicted octanol–water partition coefficient (Wildman–Crippen LogP) is 2.94. The van der Waals surface area contributed by atoms with Crippen LogP contribution in [0.5, 0.6) is 0 Å². The Kier molecular flexibility index (Phi) is 3.90. The summed E-state index contributed by atoms with van der Waals surface area (Å²) in [6.45, 7) is 4.81. The standard InChI is InChI=1S/C16H16ClN5OS/c1-10-19-20-16(24-10)22-7-5-21(6-8-22)15(23)13-9-11-3-2-4-12(17)14(11)18-13/h2-4,9,18H,5-8H2,1H3. The molecule has 4 rings (SSSR count). The molecule has 1 aliphatic rings. The fourth-order valence-electron chi connectivity index (χ4n) is 2.92. The highest BCUT2D eigenvalue weighted by Gasteiger charge is 2.25. The minimum Gasteiger partial charge on any atom is -0.349 e. The van der Waals surface area contributed by atoms with E-state index in [1.54, 1.807) is 11.3 Å².